The third-order valence-corrected chi connectivity index (χ3v) is 4.92. The van der Waals surface area contributed by atoms with Crippen molar-refractivity contribution in [2.24, 2.45) is 4.99 Å². The Kier molecular flexibility index (Phi) is 9.78. The van der Waals surface area contributed by atoms with Gasteiger partial charge in [-0.25, -0.2) is 4.99 Å². The molecular formula is C25H31IN4O. The molecule has 0 bridgehead atoms. The highest BCUT2D eigenvalue weighted by Crippen LogP contribution is 2.19. The Morgan fingerprint density at radius 3 is 2.48 bits per heavy atom. The van der Waals surface area contributed by atoms with Crippen LogP contribution in [-0.4, -0.2) is 44.0 Å². The Hall–Kier alpha value is -2.61. The van der Waals surface area contributed by atoms with Crippen LogP contribution in [0.1, 0.15) is 28.4 Å². The number of halogens is 1. The van der Waals surface area contributed by atoms with E-state index in [9.17, 15) is 4.79 Å². The number of fused-ring (bicyclic) bond motifs is 1. The topological polar surface area (TPSA) is 56.7 Å². The van der Waals surface area contributed by atoms with E-state index in [0.717, 1.165) is 31.0 Å². The fourth-order valence-electron chi connectivity index (χ4n) is 3.38. The number of rotatable bonds is 7. The first-order valence-electron chi connectivity index (χ1n) is 10.4. The minimum Gasteiger partial charge on any atom is -0.357 e. The molecule has 0 atom stereocenters. The molecule has 164 valence electrons. The van der Waals surface area contributed by atoms with Crippen LogP contribution >= 0.6 is 24.0 Å². The van der Waals surface area contributed by atoms with E-state index in [-0.39, 0.29) is 29.9 Å². The van der Waals surface area contributed by atoms with Crippen LogP contribution in [0.3, 0.4) is 0 Å². The molecule has 3 aromatic rings. The Morgan fingerprint density at radius 2 is 1.71 bits per heavy atom. The fourth-order valence-corrected chi connectivity index (χ4v) is 3.38. The van der Waals surface area contributed by atoms with Crippen molar-refractivity contribution in [3.8, 4) is 0 Å². The largest absolute Gasteiger partial charge is 0.357 e. The van der Waals surface area contributed by atoms with Crippen LogP contribution in [0, 0.1) is 0 Å². The van der Waals surface area contributed by atoms with Crippen LogP contribution in [-0.2, 0) is 13.0 Å². The molecule has 0 heterocycles. The molecule has 5 nitrogen and oxygen atoms in total. The summed E-state index contributed by atoms with van der Waals surface area (Å²) in [4.78, 5) is 18.5. The highest BCUT2D eigenvalue weighted by Gasteiger charge is 2.08. The predicted octanol–water partition coefficient (Wildman–Crippen LogP) is 4.46. The number of hydrogen-bond donors (Lipinski definition) is 2. The fraction of sp³-hybridized carbons (Fsp3) is 0.280. The number of carbonyl (C=O) groups is 1. The second-order valence-corrected chi connectivity index (χ2v) is 7.41. The van der Waals surface area contributed by atoms with Gasteiger partial charge < -0.3 is 15.5 Å². The first-order valence-corrected chi connectivity index (χ1v) is 10.4. The summed E-state index contributed by atoms with van der Waals surface area (Å²) in [6.45, 7) is 4.21. The predicted molar refractivity (Wildman–Crippen MR) is 140 cm³/mol. The van der Waals surface area contributed by atoms with Crippen LogP contribution in [0.5, 0.6) is 0 Å². The lowest BCUT2D eigenvalue weighted by atomic mass is 10.1. The number of nitrogens with one attached hydrogen (secondary N) is 2. The van der Waals surface area contributed by atoms with Gasteiger partial charge in [-0.3, -0.25) is 4.79 Å². The van der Waals surface area contributed by atoms with Gasteiger partial charge in [0.25, 0.3) is 5.91 Å². The standard InChI is InChI=1S/C25H30N4O.HI/c1-4-26-25(28-18-22-13-8-11-20-10-5-6-14-23(20)22)27-16-15-19-9-7-12-21(17-19)24(30)29(2)3;/h5-14,17H,4,15-16,18H2,1-3H3,(H2,26,27,28);1H. The van der Waals surface area contributed by atoms with Crippen LogP contribution in [0.15, 0.2) is 71.7 Å². The molecular weight excluding hydrogens is 499 g/mol. The van der Waals surface area contributed by atoms with Crippen LogP contribution in [0.4, 0.5) is 0 Å². The molecule has 0 saturated heterocycles. The summed E-state index contributed by atoms with van der Waals surface area (Å²) in [5.41, 5.74) is 3.05. The molecule has 6 heteroatoms. The van der Waals surface area contributed by atoms with Gasteiger partial charge in [0.05, 0.1) is 6.54 Å². The maximum absolute atomic E-state index is 12.2. The van der Waals surface area contributed by atoms with Crippen molar-refractivity contribution in [2.45, 2.75) is 19.9 Å². The monoisotopic (exact) mass is 530 g/mol. The summed E-state index contributed by atoms with van der Waals surface area (Å²) < 4.78 is 0. The highest BCUT2D eigenvalue weighted by atomic mass is 127. The second kappa shape index (κ2) is 12.3. The number of carbonyl (C=O) groups excluding carboxylic acids is 1. The molecule has 0 aliphatic rings. The molecule has 0 aromatic heterocycles. The maximum atomic E-state index is 12.2. The molecule has 0 saturated carbocycles. The summed E-state index contributed by atoms with van der Waals surface area (Å²) in [6, 6.07) is 22.5. The van der Waals surface area contributed by atoms with E-state index >= 15 is 0 Å². The zero-order chi connectivity index (χ0) is 21.3. The number of benzene rings is 3. The maximum Gasteiger partial charge on any atom is 0.253 e. The van der Waals surface area contributed by atoms with Gasteiger partial charge in [0.2, 0.25) is 0 Å². The lowest BCUT2D eigenvalue weighted by Gasteiger charge is -2.13. The summed E-state index contributed by atoms with van der Waals surface area (Å²) in [5.74, 6) is 0.820. The third-order valence-electron chi connectivity index (χ3n) is 4.92. The molecule has 1 amide bonds. The smallest absolute Gasteiger partial charge is 0.253 e. The quantitative estimate of drug-likeness (QED) is 0.270. The van der Waals surface area contributed by atoms with Crippen molar-refractivity contribution >= 4 is 46.6 Å². The van der Waals surface area contributed by atoms with Crippen LogP contribution < -0.4 is 10.6 Å². The summed E-state index contributed by atoms with van der Waals surface area (Å²) in [6.07, 6.45) is 0.813. The average molecular weight is 530 g/mol. The van der Waals surface area contributed by atoms with Gasteiger partial charge in [-0.05, 0) is 47.4 Å². The van der Waals surface area contributed by atoms with Gasteiger partial charge in [-0.1, -0.05) is 54.6 Å². The summed E-state index contributed by atoms with van der Waals surface area (Å²) in [5, 5.41) is 9.18. The SMILES string of the molecule is CCNC(=NCc1cccc2ccccc12)NCCc1cccc(C(=O)N(C)C)c1.I. The molecule has 3 aromatic carbocycles. The van der Waals surface area contributed by atoms with Gasteiger partial charge >= 0.3 is 0 Å². The van der Waals surface area contributed by atoms with Gasteiger partial charge in [-0.2, -0.15) is 0 Å². The molecule has 0 radical (unpaired) electrons. The lowest BCUT2D eigenvalue weighted by molar-refractivity contribution is 0.0827. The number of guanidine groups is 1. The Labute approximate surface area is 202 Å². The van der Waals surface area contributed by atoms with Crippen molar-refractivity contribution in [3.63, 3.8) is 0 Å². The zero-order valence-electron chi connectivity index (χ0n) is 18.4. The Morgan fingerprint density at radius 1 is 0.968 bits per heavy atom. The van der Waals surface area contributed by atoms with Gasteiger partial charge in [0.15, 0.2) is 5.96 Å². The molecule has 0 aliphatic carbocycles. The minimum atomic E-state index is 0. The normalized spacial score (nSPS) is 11.0. The van der Waals surface area contributed by atoms with Gasteiger partial charge in [-0.15, -0.1) is 24.0 Å². The van der Waals surface area contributed by atoms with Crippen molar-refractivity contribution in [1.29, 1.82) is 0 Å². The second-order valence-electron chi connectivity index (χ2n) is 7.41. The molecule has 31 heavy (non-hydrogen) atoms. The summed E-state index contributed by atoms with van der Waals surface area (Å²) >= 11 is 0. The minimum absolute atomic E-state index is 0. The van der Waals surface area contributed by atoms with E-state index in [0.29, 0.717) is 12.1 Å². The highest BCUT2D eigenvalue weighted by molar-refractivity contribution is 14.0. The van der Waals surface area contributed by atoms with E-state index < -0.39 is 0 Å². The molecule has 0 aliphatic heterocycles. The van der Waals surface area contributed by atoms with E-state index in [1.165, 1.54) is 16.3 Å². The summed E-state index contributed by atoms with van der Waals surface area (Å²) in [7, 11) is 3.54. The number of aliphatic imine (C=N–C) groups is 1. The van der Waals surface area contributed by atoms with Gasteiger partial charge in [0.1, 0.15) is 0 Å². The zero-order valence-corrected chi connectivity index (χ0v) is 20.7. The molecule has 0 spiro atoms. The number of amides is 1. The Balaban J connectivity index is 0.00000341. The van der Waals surface area contributed by atoms with Crippen molar-refractivity contribution in [2.75, 3.05) is 27.2 Å². The van der Waals surface area contributed by atoms with E-state index in [1.807, 2.05) is 24.3 Å². The van der Waals surface area contributed by atoms with E-state index in [4.69, 9.17) is 4.99 Å². The third kappa shape index (κ3) is 6.95. The van der Waals surface area contributed by atoms with Crippen LogP contribution in [0.25, 0.3) is 10.8 Å². The first kappa shape index (κ1) is 24.7. The van der Waals surface area contributed by atoms with E-state index in [2.05, 4.69) is 60.0 Å². The van der Waals surface area contributed by atoms with Gasteiger partial charge in [0, 0.05) is 32.7 Å². The van der Waals surface area contributed by atoms with Crippen LogP contribution in [0.2, 0.25) is 0 Å². The van der Waals surface area contributed by atoms with Crippen molar-refractivity contribution in [1.82, 2.24) is 15.5 Å². The van der Waals surface area contributed by atoms with E-state index in [1.54, 1.807) is 19.0 Å². The molecule has 0 unspecified atom stereocenters. The number of nitrogens with zero attached hydrogens (tertiary/aromatic N) is 2. The first-order chi connectivity index (χ1) is 14.6. The average Bonchev–Trinajstić information content (AvgIpc) is 2.77. The van der Waals surface area contributed by atoms with Crippen molar-refractivity contribution in [3.05, 3.63) is 83.4 Å². The lowest BCUT2D eigenvalue weighted by Crippen LogP contribution is -2.38. The molecule has 3 rings (SSSR count). The Bertz CT molecular complexity index is 1030. The number of hydrogen-bond acceptors (Lipinski definition) is 2. The van der Waals surface area contributed by atoms with Crippen molar-refractivity contribution < 1.29 is 4.79 Å². The molecule has 0 fully saturated rings. The molecule has 2 N–H and O–H groups in total.